The quantitative estimate of drug-likeness (QED) is 0.807. The van der Waals surface area contributed by atoms with Gasteiger partial charge in [0.05, 0.1) is 5.92 Å². The second-order valence-corrected chi connectivity index (χ2v) is 8.55. The summed E-state index contributed by atoms with van der Waals surface area (Å²) in [5, 5.41) is 14.4. The van der Waals surface area contributed by atoms with Gasteiger partial charge >= 0.3 is 5.97 Å². The highest BCUT2D eigenvalue weighted by Crippen LogP contribution is 2.25. The van der Waals surface area contributed by atoms with E-state index in [1.165, 1.54) is 10.4 Å². The van der Waals surface area contributed by atoms with E-state index in [1.54, 1.807) is 11.3 Å². The van der Waals surface area contributed by atoms with Gasteiger partial charge in [0.2, 0.25) is 11.8 Å². The molecule has 2 unspecified atom stereocenters. The number of nitrogens with zero attached hydrogens (tertiary/aromatic N) is 1. The molecule has 2 heterocycles. The highest BCUT2D eigenvalue weighted by Gasteiger charge is 2.30. The summed E-state index contributed by atoms with van der Waals surface area (Å²) >= 11 is 1.73. The van der Waals surface area contributed by atoms with Crippen LogP contribution in [-0.4, -0.2) is 40.4 Å². The Morgan fingerprint density at radius 1 is 1.15 bits per heavy atom. The molecule has 2 atom stereocenters. The van der Waals surface area contributed by atoms with Gasteiger partial charge in [-0.15, -0.1) is 11.3 Å². The smallest absolute Gasteiger partial charge is 0.308 e. The van der Waals surface area contributed by atoms with Gasteiger partial charge in [-0.1, -0.05) is 25.7 Å². The molecule has 1 aliphatic carbocycles. The molecule has 0 radical (unpaired) electrons. The molecular formula is C20H28N2O4S. The number of hydrogen-bond acceptors (Lipinski definition) is 4. The van der Waals surface area contributed by atoms with Crippen LogP contribution in [0.3, 0.4) is 0 Å². The zero-order valence-corrected chi connectivity index (χ0v) is 16.4. The van der Waals surface area contributed by atoms with E-state index in [1.807, 2.05) is 4.90 Å². The van der Waals surface area contributed by atoms with Gasteiger partial charge in [0.25, 0.3) is 0 Å². The van der Waals surface area contributed by atoms with Crippen LogP contribution in [0.4, 0.5) is 0 Å². The maximum absolute atomic E-state index is 12.5. The van der Waals surface area contributed by atoms with Crippen LogP contribution in [0.2, 0.25) is 0 Å². The largest absolute Gasteiger partial charge is 0.481 e. The molecule has 3 rings (SSSR count). The first-order valence-electron chi connectivity index (χ1n) is 9.90. The number of carbonyl (C=O) groups excluding carboxylic acids is 2. The van der Waals surface area contributed by atoms with Crippen LogP contribution in [0.1, 0.15) is 61.8 Å². The summed E-state index contributed by atoms with van der Waals surface area (Å²) in [5.74, 6) is -1.58. The third kappa shape index (κ3) is 5.31. The van der Waals surface area contributed by atoms with E-state index < -0.39 is 11.9 Å². The van der Waals surface area contributed by atoms with Crippen molar-refractivity contribution in [3.05, 3.63) is 21.9 Å². The number of hydrogen-bond donors (Lipinski definition) is 2. The number of amides is 2. The molecule has 1 aromatic heterocycles. The molecular weight excluding hydrogens is 364 g/mol. The van der Waals surface area contributed by atoms with Crippen molar-refractivity contribution in [2.24, 2.45) is 5.92 Å². The van der Waals surface area contributed by atoms with Crippen molar-refractivity contribution in [3.8, 4) is 0 Å². The minimum atomic E-state index is -0.835. The number of nitrogens with one attached hydrogen (secondary N) is 1. The summed E-state index contributed by atoms with van der Waals surface area (Å²) in [6, 6.07) is 1.74. The first-order chi connectivity index (χ1) is 13.0. The fourth-order valence-electron chi connectivity index (χ4n) is 4.07. The molecule has 1 aliphatic heterocycles. The number of fused-ring (bicyclic) bond motifs is 1. The Morgan fingerprint density at radius 3 is 2.70 bits per heavy atom. The second-order valence-electron chi connectivity index (χ2n) is 7.54. The van der Waals surface area contributed by atoms with Crippen molar-refractivity contribution in [2.45, 2.75) is 70.4 Å². The highest BCUT2D eigenvalue weighted by molar-refractivity contribution is 7.10. The summed E-state index contributed by atoms with van der Waals surface area (Å²) in [4.78, 5) is 39.5. The normalized spacial score (nSPS) is 23.0. The molecule has 0 saturated heterocycles. The molecule has 7 heteroatoms. The fraction of sp³-hybridized carbons (Fsp3) is 0.650. The minimum absolute atomic E-state index is 0.00514. The molecule has 27 heavy (non-hydrogen) atoms. The van der Waals surface area contributed by atoms with E-state index in [2.05, 4.69) is 16.8 Å². The lowest BCUT2D eigenvalue weighted by atomic mass is 9.86. The molecule has 1 fully saturated rings. The zero-order valence-electron chi connectivity index (χ0n) is 15.6. The van der Waals surface area contributed by atoms with Gasteiger partial charge in [0.1, 0.15) is 0 Å². The standard InChI is InChI=1S/C20H28N2O4S/c23-18(21-16-6-4-2-1-3-5-15(16)20(25)26)7-8-19(24)22-11-9-17-14(13-22)10-12-27-17/h10,12,15-16H,1-9,11,13H2,(H,21,23)(H,25,26). The number of aliphatic carboxylic acids is 1. The van der Waals surface area contributed by atoms with Gasteiger partial charge < -0.3 is 15.3 Å². The van der Waals surface area contributed by atoms with E-state index in [0.29, 0.717) is 25.9 Å². The van der Waals surface area contributed by atoms with Crippen molar-refractivity contribution in [1.29, 1.82) is 0 Å². The fourth-order valence-corrected chi connectivity index (χ4v) is 4.96. The minimum Gasteiger partial charge on any atom is -0.481 e. The predicted molar refractivity (Wildman–Crippen MR) is 103 cm³/mol. The summed E-state index contributed by atoms with van der Waals surface area (Å²) in [5.41, 5.74) is 1.21. The lowest BCUT2D eigenvalue weighted by Crippen LogP contribution is -2.44. The molecule has 1 saturated carbocycles. The van der Waals surface area contributed by atoms with E-state index in [-0.39, 0.29) is 30.7 Å². The first kappa shape index (κ1) is 19.9. The number of carboxylic acids is 1. The summed E-state index contributed by atoms with van der Waals surface area (Å²) in [7, 11) is 0. The van der Waals surface area contributed by atoms with Crippen LogP contribution in [-0.2, 0) is 27.3 Å². The highest BCUT2D eigenvalue weighted by atomic mass is 32.1. The van der Waals surface area contributed by atoms with Crippen molar-refractivity contribution < 1.29 is 19.5 Å². The van der Waals surface area contributed by atoms with Crippen LogP contribution in [0.15, 0.2) is 11.4 Å². The van der Waals surface area contributed by atoms with Crippen LogP contribution in [0.5, 0.6) is 0 Å². The molecule has 2 aliphatic rings. The van der Waals surface area contributed by atoms with Gasteiger partial charge in [-0.25, -0.2) is 0 Å². The third-order valence-electron chi connectivity index (χ3n) is 5.66. The van der Waals surface area contributed by atoms with E-state index >= 15 is 0 Å². The Balaban J connectivity index is 1.48. The van der Waals surface area contributed by atoms with Crippen molar-refractivity contribution in [3.63, 3.8) is 0 Å². The molecule has 1 aromatic rings. The first-order valence-corrected chi connectivity index (χ1v) is 10.8. The summed E-state index contributed by atoms with van der Waals surface area (Å²) < 4.78 is 0. The van der Waals surface area contributed by atoms with Gasteiger partial charge in [-0.05, 0) is 36.3 Å². The maximum atomic E-state index is 12.5. The lowest BCUT2D eigenvalue weighted by molar-refractivity contribution is -0.144. The summed E-state index contributed by atoms with van der Waals surface area (Å²) in [6.45, 7) is 1.33. The number of thiophene rings is 1. The van der Waals surface area contributed by atoms with E-state index in [4.69, 9.17) is 0 Å². The van der Waals surface area contributed by atoms with Gasteiger partial charge in [0, 0.05) is 36.9 Å². The Hall–Kier alpha value is -1.89. The van der Waals surface area contributed by atoms with Gasteiger partial charge in [0.15, 0.2) is 0 Å². The Labute approximate surface area is 163 Å². The molecule has 148 valence electrons. The van der Waals surface area contributed by atoms with Crippen LogP contribution >= 0.6 is 11.3 Å². The Morgan fingerprint density at radius 2 is 1.93 bits per heavy atom. The van der Waals surface area contributed by atoms with Crippen LogP contribution in [0, 0.1) is 5.92 Å². The molecule has 2 N–H and O–H groups in total. The molecule has 0 spiro atoms. The zero-order chi connectivity index (χ0) is 19.2. The third-order valence-corrected chi connectivity index (χ3v) is 6.68. The second kappa shape index (κ2) is 9.35. The van der Waals surface area contributed by atoms with Gasteiger partial charge in [-0.2, -0.15) is 0 Å². The average molecular weight is 393 g/mol. The maximum Gasteiger partial charge on any atom is 0.308 e. The van der Waals surface area contributed by atoms with Crippen LogP contribution < -0.4 is 5.32 Å². The van der Waals surface area contributed by atoms with E-state index in [0.717, 1.165) is 32.1 Å². The molecule has 6 nitrogen and oxygen atoms in total. The topological polar surface area (TPSA) is 86.7 Å². The number of carbonyl (C=O) groups is 3. The van der Waals surface area contributed by atoms with Crippen LogP contribution in [0.25, 0.3) is 0 Å². The summed E-state index contributed by atoms with van der Waals surface area (Å²) in [6.07, 6.45) is 6.44. The van der Waals surface area contributed by atoms with Crippen molar-refractivity contribution in [2.75, 3.05) is 6.54 Å². The average Bonchev–Trinajstić information content (AvgIpc) is 3.09. The monoisotopic (exact) mass is 392 g/mol. The Bertz CT molecular complexity index is 687. The SMILES string of the molecule is O=C(CCC(=O)N1CCc2sccc2C1)NC1CCCCCCC1C(=O)O. The lowest BCUT2D eigenvalue weighted by Gasteiger charge is -2.28. The molecule has 2 amide bonds. The predicted octanol–water partition coefficient (Wildman–Crippen LogP) is 2.95. The molecule has 0 aromatic carbocycles. The molecule has 0 bridgehead atoms. The van der Waals surface area contributed by atoms with Crippen molar-refractivity contribution >= 4 is 29.1 Å². The van der Waals surface area contributed by atoms with E-state index in [9.17, 15) is 19.5 Å². The number of rotatable bonds is 5. The van der Waals surface area contributed by atoms with Gasteiger partial charge in [-0.3, -0.25) is 14.4 Å². The number of carboxylic acid groups (broad SMARTS) is 1. The van der Waals surface area contributed by atoms with Crippen molar-refractivity contribution in [1.82, 2.24) is 10.2 Å². The Kier molecular flexibility index (Phi) is 6.88.